The maximum atomic E-state index is 13.5. The van der Waals surface area contributed by atoms with Gasteiger partial charge in [0.2, 0.25) is 0 Å². The monoisotopic (exact) mass is 400 g/mol. The predicted octanol–water partition coefficient (Wildman–Crippen LogP) is 3.62. The molecule has 0 aliphatic rings. The largest absolute Gasteiger partial charge is 0.452 e. The molecule has 0 aliphatic carbocycles. The molecule has 0 heterocycles. The van der Waals surface area contributed by atoms with Crippen molar-refractivity contribution < 1.29 is 18.7 Å². The van der Waals surface area contributed by atoms with Crippen LogP contribution in [0.4, 0.5) is 15.8 Å². The second-order valence-corrected chi connectivity index (χ2v) is 5.83. The molecule has 5 nitrogen and oxygen atoms in total. The van der Waals surface area contributed by atoms with E-state index in [0.717, 1.165) is 6.07 Å². The van der Waals surface area contributed by atoms with Gasteiger partial charge in [0.05, 0.1) is 11.3 Å². The molecule has 0 bridgehead atoms. The third-order valence-corrected chi connectivity index (χ3v) is 3.50. The summed E-state index contributed by atoms with van der Waals surface area (Å²) in [6.07, 6.45) is 0. The maximum Gasteiger partial charge on any atom is 0.340 e. The molecule has 120 valence electrons. The first-order valence-electron chi connectivity index (χ1n) is 6.34. The quantitative estimate of drug-likeness (QED) is 0.606. The Morgan fingerprint density at radius 2 is 2.00 bits per heavy atom. The maximum absolute atomic E-state index is 13.5. The molecule has 0 unspecified atom stereocenters. The number of nitrogen functional groups attached to an aromatic ring is 1. The van der Waals surface area contributed by atoms with Crippen molar-refractivity contribution in [1.82, 2.24) is 0 Å². The fourth-order valence-electron chi connectivity index (χ4n) is 1.69. The highest BCUT2D eigenvalue weighted by molar-refractivity contribution is 9.10. The van der Waals surface area contributed by atoms with Crippen molar-refractivity contribution in [2.45, 2.75) is 0 Å². The number of hydrogen-bond donors (Lipinski definition) is 2. The van der Waals surface area contributed by atoms with E-state index in [9.17, 15) is 14.0 Å². The summed E-state index contributed by atoms with van der Waals surface area (Å²) in [6.45, 7) is -0.587. The number of benzene rings is 2. The third-order valence-electron chi connectivity index (χ3n) is 2.77. The topological polar surface area (TPSA) is 81.4 Å². The Labute approximate surface area is 144 Å². The number of halogens is 3. The van der Waals surface area contributed by atoms with Gasteiger partial charge in [-0.05, 0) is 36.4 Å². The smallest absolute Gasteiger partial charge is 0.340 e. The van der Waals surface area contributed by atoms with Gasteiger partial charge in [0.1, 0.15) is 5.82 Å². The van der Waals surface area contributed by atoms with Crippen LogP contribution < -0.4 is 11.1 Å². The van der Waals surface area contributed by atoms with Crippen LogP contribution in [0.25, 0.3) is 0 Å². The SMILES string of the molecule is Nc1ccc(Br)cc1C(=O)OCC(=O)Nc1cc(Cl)ccc1F. The Morgan fingerprint density at radius 3 is 2.74 bits per heavy atom. The predicted molar refractivity (Wildman–Crippen MR) is 88.9 cm³/mol. The Bertz CT molecular complexity index is 770. The molecule has 0 aliphatic heterocycles. The van der Waals surface area contributed by atoms with E-state index < -0.39 is 24.3 Å². The fourth-order valence-corrected chi connectivity index (χ4v) is 2.23. The standard InChI is InChI=1S/C15H11BrClFN2O3/c16-8-1-4-12(19)10(5-8)15(22)23-7-14(21)20-13-6-9(17)2-3-11(13)18/h1-6H,7,19H2,(H,20,21). The molecule has 0 saturated carbocycles. The van der Waals surface area contributed by atoms with Crippen molar-refractivity contribution >= 4 is 50.8 Å². The summed E-state index contributed by atoms with van der Waals surface area (Å²) < 4.78 is 19.0. The van der Waals surface area contributed by atoms with Gasteiger partial charge in [0.25, 0.3) is 5.91 Å². The number of anilines is 2. The molecule has 2 aromatic rings. The van der Waals surface area contributed by atoms with Gasteiger partial charge in [0.15, 0.2) is 6.61 Å². The summed E-state index contributed by atoms with van der Waals surface area (Å²) >= 11 is 8.93. The second-order valence-electron chi connectivity index (χ2n) is 4.48. The summed E-state index contributed by atoms with van der Waals surface area (Å²) in [5.74, 6) is -2.11. The zero-order chi connectivity index (χ0) is 17.0. The molecule has 23 heavy (non-hydrogen) atoms. The molecule has 0 radical (unpaired) electrons. The van der Waals surface area contributed by atoms with Crippen LogP contribution in [0, 0.1) is 5.82 Å². The lowest BCUT2D eigenvalue weighted by molar-refractivity contribution is -0.119. The van der Waals surface area contributed by atoms with Crippen LogP contribution in [0.2, 0.25) is 5.02 Å². The van der Waals surface area contributed by atoms with Crippen LogP contribution >= 0.6 is 27.5 Å². The molecule has 2 rings (SSSR count). The minimum atomic E-state index is -0.759. The van der Waals surface area contributed by atoms with Crippen molar-refractivity contribution in [2.24, 2.45) is 0 Å². The second kappa shape index (κ2) is 7.43. The van der Waals surface area contributed by atoms with E-state index in [4.69, 9.17) is 22.1 Å². The summed E-state index contributed by atoms with van der Waals surface area (Å²) in [4.78, 5) is 23.6. The molecular formula is C15H11BrClFN2O3. The highest BCUT2D eigenvalue weighted by atomic mass is 79.9. The minimum Gasteiger partial charge on any atom is -0.452 e. The van der Waals surface area contributed by atoms with Crippen molar-refractivity contribution in [2.75, 3.05) is 17.7 Å². The first-order chi connectivity index (χ1) is 10.9. The van der Waals surface area contributed by atoms with Gasteiger partial charge in [0, 0.05) is 15.2 Å². The lowest BCUT2D eigenvalue weighted by atomic mass is 10.2. The van der Waals surface area contributed by atoms with Crippen LogP contribution in [0.1, 0.15) is 10.4 Å². The van der Waals surface area contributed by atoms with Crippen LogP contribution in [0.15, 0.2) is 40.9 Å². The number of carbonyl (C=O) groups excluding carboxylic acids is 2. The Hall–Kier alpha value is -2.12. The van der Waals surface area contributed by atoms with Gasteiger partial charge in [-0.2, -0.15) is 0 Å². The number of ether oxygens (including phenoxy) is 1. The zero-order valence-corrected chi connectivity index (χ0v) is 13.9. The minimum absolute atomic E-state index is 0.0967. The van der Waals surface area contributed by atoms with E-state index in [0.29, 0.717) is 4.47 Å². The van der Waals surface area contributed by atoms with Crippen LogP contribution in [-0.2, 0) is 9.53 Å². The van der Waals surface area contributed by atoms with Gasteiger partial charge in [-0.15, -0.1) is 0 Å². The Kier molecular flexibility index (Phi) is 5.57. The average molecular weight is 402 g/mol. The van der Waals surface area contributed by atoms with Gasteiger partial charge < -0.3 is 15.8 Å². The molecule has 8 heteroatoms. The summed E-state index contributed by atoms with van der Waals surface area (Å²) in [7, 11) is 0. The third kappa shape index (κ3) is 4.67. The van der Waals surface area contributed by atoms with Crippen LogP contribution in [0.3, 0.4) is 0 Å². The molecule has 0 fully saturated rings. The molecular weight excluding hydrogens is 391 g/mol. The van der Waals surface area contributed by atoms with E-state index in [1.54, 1.807) is 6.07 Å². The van der Waals surface area contributed by atoms with Gasteiger partial charge in [-0.3, -0.25) is 4.79 Å². The highest BCUT2D eigenvalue weighted by Gasteiger charge is 2.15. The number of rotatable bonds is 4. The van der Waals surface area contributed by atoms with Gasteiger partial charge in [-0.25, -0.2) is 9.18 Å². The number of hydrogen-bond acceptors (Lipinski definition) is 4. The normalized spacial score (nSPS) is 10.2. The molecule has 0 saturated heterocycles. The molecule has 2 aromatic carbocycles. The Morgan fingerprint density at radius 1 is 1.26 bits per heavy atom. The first-order valence-corrected chi connectivity index (χ1v) is 7.51. The van der Waals surface area contributed by atoms with Crippen molar-refractivity contribution in [3.8, 4) is 0 Å². The van der Waals surface area contributed by atoms with Crippen LogP contribution in [-0.4, -0.2) is 18.5 Å². The van der Waals surface area contributed by atoms with E-state index in [-0.39, 0.29) is 22.0 Å². The lowest BCUT2D eigenvalue weighted by Crippen LogP contribution is -2.21. The molecule has 1 amide bonds. The van der Waals surface area contributed by atoms with Crippen LogP contribution in [0.5, 0.6) is 0 Å². The number of nitrogens with one attached hydrogen (secondary N) is 1. The zero-order valence-electron chi connectivity index (χ0n) is 11.6. The number of nitrogens with two attached hydrogens (primary N) is 1. The molecule has 0 aromatic heterocycles. The summed E-state index contributed by atoms with van der Waals surface area (Å²) in [5, 5.41) is 2.53. The molecule has 0 spiro atoms. The fraction of sp³-hybridized carbons (Fsp3) is 0.0667. The number of carbonyl (C=O) groups is 2. The van der Waals surface area contributed by atoms with E-state index >= 15 is 0 Å². The highest BCUT2D eigenvalue weighted by Crippen LogP contribution is 2.20. The van der Waals surface area contributed by atoms with E-state index in [2.05, 4.69) is 21.2 Å². The van der Waals surface area contributed by atoms with Gasteiger partial charge in [-0.1, -0.05) is 27.5 Å². The van der Waals surface area contributed by atoms with Crippen molar-refractivity contribution in [3.63, 3.8) is 0 Å². The molecule has 3 N–H and O–H groups in total. The van der Waals surface area contributed by atoms with Crippen molar-refractivity contribution in [1.29, 1.82) is 0 Å². The van der Waals surface area contributed by atoms with E-state index in [1.807, 2.05) is 0 Å². The van der Waals surface area contributed by atoms with E-state index in [1.165, 1.54) is 24.3 Å². The summed E-state index contributed by atoms with van der Waals surface area (Å²) in [6, 6.07) is 8.40. The number of amides is 1. The number of esters is 1. The Balaban J connectivity index is 1.97. The van der Waals surface area contributed by atoms with Gasteiger partial charge >= 0.3 is 5.97 Å². The average Bonchev–Trinajstić information content (AvgIpc) is 2.51. The summed E-state index contributed by atoms with van der Waals surface area (Å²) in [5.41, 5.74) is 5.92. The lowest BCUT2D eigenvalue weighted by Gasteiger charge is -2.09. The molecule has 0 atom stereocenters. The first kappa shape index (κ1) is 17.2. The van der Waals surface area contributed by atoms with Crippen molar-refractivity contribution in [3.05, 3.63) is 57.3 Å².